The molecule has 0 aliphatic rings. The molecular weight excluding hydrogens is 269 g/mol. The second kappa shape index (κ2) is 4.85. The number of benzene rings is 1. The normalized spacial score (nSPS) is 9.53. The van der Waals surface area contributed by atoms with E-state index in [1.807, 2.05) is 0 Å². The Morgan fingerprint density at radius 3 is 2.53 bits per heavy atom. The summed E-state index contributed by atoms with van der Waals surface area (Å²) in [4.78, 5) is 21.8. The Kier molecular flexibility index (Phi) is 3.75. The van der Waals surface area contributed by atoms with Gasteiger partial charge in [0.1, 0.15) is 5.82 Å². The molecule has 0 aliphatic heterocycles. The van der Waals surface area contributed by atoms with Crippen molar-refractivity contribution < 1.29 is 14.0 Å². The summed E-state index contributed by atoms with van der Waals surface area (Å²) >= 11 is 3.03. The Labute approximate surface area is 92.9 Å². The van der Waals surface area contributed by atoms with Crippen LogP contribution in [0.1, 0.15) is 0 Å². The Hall–Kier alpha value is -1.47. The van der Waals surface area contributed by atoms with E-state index in [0.29, 0.717) is 4.47 Å². The second-order valence-corrected chi connectivity index (χ2v) is 3.38. The number of carbonyl (C=O) groups excluding carboxylic acids is 2. The first kappa shape index (κ1) is 11.6. The first-order chi connectivity index (χ1) is 7.06. The number of nitrogens with one attached hydrogen (secondary N) is 2. The van der Waals surface area contributed by atoms with Crippen molar-refractivity contribution in [3.63, 3.8) is 0 Å². The number of hydrogen-bond acceptors (Lipinski definition) is 3. The van der Waals surface area contributed by atoms with Gasteiger partial charge in [-0.25, -0.2) is 10.2 Å². The minimum absolute atomic E-state index is 0.105. The zero-order chi connectivity index (χ0) is 11.4. The maximum atomic E-state index is 13.2. The van der Waals surface area contributed by atoms with Crippen LogP contribution in [0.2, 0.25) is 0 Å². The van der Waals surface area contributed by atoms with Crippen molar-refractivity contribution in [2.75, 3.05) is 5.32 Å². The van der Waals surface area contributed by atoms with Gasteiger partial charge in [-0.3, -0.25) is 15.0 Å². The Morgan fingerprint density at radius 1 is 1.33 bits per heavy atom. The summed E-state index contributed by atoms with van der Waals surface area (Å²) in [7, 11) is 0. The molecule has 0 fully saturated rings. The van der Waals surface area contributed by atoms with E-state index in [1.165, 1.54) is 12.1 Å². The highest BCUT2D eigenvalue weighted by atomic mass is 79.9. The SMILES string of the molecule is NNC(=O)C(=O)Nc1c(F)cccc1Br. The molecule has 2 amide bonds. The number of anilines is 1. The van der Waals surface area contributed by atoms with E-state index in [2.05, 4.69) is 21.2 Å². The van der Waals surface area contributed by atoms with E-state index in [9.17, 15) is 14.0 Å². The molecule has 0 aliphatic carbocycles. The van der Waals surface area contributed by atoms with E-state index in [-0.39, 0.29) is 5.69 Å². The molecule has 7 heteroatoms. The van der Waals surface area contributed by atoms with Crippen LogP contribution in [-0.4, -0.2) is 11.8 Å². The van der Waals surface area contributed by atoms with Crippen LogP contribution in [0.15, 0.2) is 22.7 Å². The average molecular weight is 276 g/mol. The summed E-state index contributed by atoms with van der Waals surface area (Å²) in [6.45, 7) is 0. The molecule has 0 aromatic heterocycles. The fourth-order valence-electron chi connectivity index (χ4n) is 0.853. The van der Waals surface area contributed by atoms with Crippen molar-refractivity contribution in [2.24, 2.45) is 5.84 Å². The van der Waals surface area contributed by atoms with Crippen LogP contribution in [0.4, 0.5) is 10.1 Å². The van der Waals surface area contributed by atoms with Gasteiger partial charge in [0.15, 0.2) is 0 Å². The predicted molar refractivity (Wildman–Crippen MR) is 55.1 cm³/mol. The number of rotatable bonds is 1. The van der Waals surface area contributed by atoms with Crippen LogP contribution in [0.25, 0.3) is 0 Å². The molecule has 0 atom stereocenters. The molecule has 1 aromatic rings. The molecule has 0 saturated carbocycles. The summed E-state index contributed by atoms with van der Waals surface area (Å²) in [6, 6.07) is 4.14. The van der Waals surface area contributed by atoms with Gasteiger partial charge in [-0.2, -0.15) is 0 Å². The third-order valence-corrected chi connectivity index (χ3v) is 2.20. The molecule has 1 aromatic carbocycles. The van der Waals surface area contributed by atoms with Gasteiger partial charge in [-0.05, 0) is 28.1 Å². The quantitative estimate of drug-likeness (QED) is 0.302. The zero-order valence-corrected chi connectivity index (χ0v) is 8.97. The van der Waals surface area contributed by atoms with Gasteiger partial charge in [-0.1, -0.05) is 6.07 Å². The maximum absolute atomic E-state index is 13.2. The van der Waals surface area contributed by atoms with Crippen LogP contribution >= 0.6 is 15.9 Å². The highest BCUT2D eigenvalue weighted by Gasteiger charge is 2.15. The first-order valence-electron chi connectivity index (χ1n) is 3.82. The molecule has 0 heterocycles. The fourth-order valence-corrected chi connectivity index (χ4v) is 1.29. The number of para-hydroxylation sites is 1. The lowest BCUT2D eigenvalue weighted by Gasteiger charge is -2.06. The third-order valence-electron chi connectivity index (χ3n) is 1.54. The van der Waals surface area contributed by atoms with Gasteiger partial charge in [0.25, 0.3) is 0 Å². The van der Waals surface area contributed by atoms with Gasteiger partial charge < -0.3 is 5.32 Å². The molecular formula is C8H7BrFN3O2. The van der Waals surface area contributed by atoms with E-state index < -0.39 is 17.6 Å². The maximum Gasteiger partial charge on any atom is 0.323 e. The first-order valence-corrected chi connectivity index (χ1v) is 4.61. The van der Waals surface area contributed by atoms with Crippen molar-refractivity contribution in [3.8, 4) is 0 Å². The molecule has 5 nitrogen and oxygen atoms in total. The van der Waals surface area contributed by atoms with Crippen LogP contribution in [0.3, 0.4) is 0 Å². The lowest BCUT2D eigenvalue weighted by atomic mass is 10.3. The number of nitrogens with two attached hydrogens (primary N) is 1. The van der Waals surface area contributed by atoms with Crippen LogP contribution in [-0.2, 0) is 9.59 Å². The summed E-state index contributed by atoms with van der Waals surface area (Å²) in [5.41, 5.74) is 1.53. The van der Waals surface area contributed by atoms with Crippen molar-refractivity contribution in [3.05, 3.63) is 28.5 Å². The van der Waals surface area contributed by atoms with Gasteiger partial charge in [-0.15, -0.1) is 0 Å². The largest absolute Gasteiger partial charge is 0.323 e. The Balaban J connectivity index is 2.90. The summed E-state index contributed by atoms with van der Waals surface area (Å²) in [6.07, 6.45) is 0. The van der Waals surface area contributed by atoms with E-state index in [1.54, 1.807) is 5.43 Å². The molecule has 0 saturated heterocycles. The van der Waals surface area contributed by atoms with Crippen molar-refractivity contribution in [1.82, 2.24) is 5.43 Å². The van der Waals surface area contributed by atoms with Crippen LogP contribution in [0, 0.1) is 5.82 Å². The smallest absolute Gasteiger partial charge is 0.314 e. The molecule has 1 rings (SSSR count). The van der Waals surface area contributed by atoms with Gasteiger partial charge in [0.2, 0.25) is 0 Å². The highest BCUT2D eigenvalue weighted by molar-refractivity contribution is 9.10. The lowest BCUT2D eigenvalue weighted by molar-refractivity contribution is -0.136. The molecule has 0 unspecified atom stereocenters. The van der Waals surface area contributed by atoms with Crippen LogP contribution < -0.4 is 16.6 Å². The van der Waals surface area contributed by atoms with E-state index in [4.69, 9.17) is 5.84 Å². The minimum Gasteiger partial charge on any atom is -0.314 e. The highest BCUT2D eigenvalue weighted by Crippen LogP contribution is 2.24. The number of hydrogen-bond donors (Lipinski definition) is 3. The summed E-state index contributed by atoms with van der Waals surface area (Å²) in [5.74, 6) is 2.00. The molecule has 0 spiro atoms. The fraction of sp³-hybridized carbons (Fsp3) is 0. The lowest BCUT2D eigenvalue weighted by Crippen LogP contribution is -2.39. The van der Waals surface area contributed by atoms with Crippen molar-refractivity contribution in [1.29, 1.82) is 0 Å². The van der Waals surface area contributed by atoms with E-state index >= 15 is 0 Å². The van der Waals surface area contributed by atoms with Gasteiger partial charge in [0.05, 0.1) is 5.69 Å². The number of hydrazine groups is 1. The standard InChI is InChI=1S/C8H7BrFN3O2/c9-4-2-1-3-5(10)6(4)12-7(14)8(15)13-11/h1-3H,11H2,(H,12,14)(H,13,15). The third kappa shape index (κ3) is 2.74. The number of carbonyl (C=O) groups is 2. The van der Waals surface area contributed by atoms with Gasteiger partial charge in [0, 0.05) is 4.47 Å². The number of halogens is 2. The zero-order valence-electron chi connectivity index (χ0n) is 7.38. The van der Waals surface area contributed by atoms with Crippen molar-refractivity contribution in [2.45, 2.75) is 0 Å². The predicted octanol–water partition coefficient (Wildman–Crippen LogP) is 0.517. The number of amides is 2. The average Bonchev–Trinajstić information content (AvgIpc) is 2.22. The Morgan fingerprint density at radius 2 is 2.00 bits per heavy atom. The van der Waals surface area contributed by atoms with Crippen LogP contribution in [0.5, 0.6) is 0 Å². The molecule has 80 valence electrons. The topological polar surface area (TPSA) is 84.2 Å². The van der Waals surface area contributed by atoms with E-state index in [0.717, 1.165) is 6.07 Å². The minimum atomic E-state index is -1.05. The summed E-state index contributed by atoms with van der Waals surface area (Å²) in [5, 5.41) is 2.08. The second-order valence-electron chi connectivity index (χ2n) is 2.52. The van der Waals surface area contributed by atoms with Gasteiger partial charge >= 0.3 is 11.8 Å². The monoisotopic (exact) mass is 275 g/mol. The molecule has 0 radical (unpaired) electrons. The molecule has 15 heavy (non-hydrogen) atoms. The molecule has 0 bridgehead atoms. The Bertz CT molecular complexity index is 391. The van der Waals surface area contributed by atoms with Crippen molar-refractivity contribution >= 4 is 33.4 Å². The molecule has 4 N–H and O–H groups in total. The summed E-state index contributed by atoms with van der Waals surface area (Å²) < 4.78 is 13.5.